The number of carboxylic acid groups (broad SMARTS) is 1. The molecule has 2 unspecified atom stereocenters. The van der Waals surface area contributed by atoms with E-state index in [0.717, 1.165) is 0 Å². The second-order valence-electron chi connectivity index (χ2n) is 2.74. The number of aliphatic hydroxyl groups excluding tert-OH is 2. The van der Waals surface area contributed by atoms with Crippen molar-refractivity contribution >= 4 is 11.9 Å². The summed E-state index contributed by atoms with van der Waals surface area (Å²) in [6, 6.07) is 0. The Kier molecular flexibility index (Phi) is 5.82. The first-order chi connectivity index (χ1) is 6.52. The van der Waals surface area contributed by atoms with Gasteiger partial charge in [-0.3, -0.25) is 4.79 Å². The normalized spacial score (nSPS) is 14.5. The minimum absolute atomic E-state index is 0.128. The van der Waals surface area contributed by atoms with E-state index in [0.29, 0.717) is 6.42 Å². The van der Waals surface area contributed by atoms with E-state index in [1.54, 1.807) is 6.92 Å². The molecule has 0 bridgehead atoms. The molecule has 0 aromatic rings. The molecule has 0 aliphatic heterocycles. The van der Waals surface area contributed by atoms with E-state index in [1.807, 2.05) is 0 Å². The van der Waals surface area contributed by atoms with Gasteiger partial charge in [0.05, 0.1) is 6.61 Å². The van der Waals surface area contributed by atoms with Crippen molar-refractivity contribution in [3.05, 3.63) is 0 Å². The molecule has 14 heavy (non-hydrogen) atoms. The summed E-state index contributed by atoms with van der Waals surface area (Å²) in [7, 11) is 0. The lowest BCUT2D eigenvalue weighted by atomic mass is 10.2. The molecule has 2 atom stereocenters. The van der Waals surface area contributed by atoms with Crippen LogP contribution in [-0.4, -0.2) is 46.1 Å². The molecule has 0 aromatic carbocycles. The van der Waals surface area contributed by atoms with Crippen molar-refractivity contribution in [3.8, 4) is 0 Å². The largest absolute Gasteiger partial charge is 0.479 e. The topological polar surface area (TPSA) is 104 Å². The summed E-state index contributed by atoms with van der Waals surface area (Å²) in [5.41, 5.74) is 0. The maximum Gasteiger partial charge on any atom is 0.336 e. The van der Waals surface area contributed by atoms with Crippen LogP contribution >= 0.6 is 0 Å². The Hall–Kier alpha value is -1.14. The minimum atomic E-state index is -1.89. The SMILES string of the molecule is CCCC(=O)OC(CO)C(O)C(=O)O. The first-order valence-electron chi connectivity index (χ1n) is 4.24. The van der Waals surface area contributed by atoms with Gasteiger partial charge in [-0.15, -0.1) is 0 Å². The van der Waals surface area contributed by atoms with Gasteiger partial charge in [0, 0.05) is 6.42 Å². The molecular weight excluding hydrogens is 192 g/mol. The third-order valence-electron chi connectivity index (χ3n) is 1.52. The van der Waals surface area contributed by atoms with E-state index < -0.39 is 30.8 Å². The van der Waals surface area contributed by atoms with Crippen LogP contribution in [0.4, 0.5) is 0 Å². The van der Waals surface area contributed by atoms with Crippen molar-refractivity contribution in [1.82, 2.24) is 0 Å². The summed E-state index contributed by atoms with van der Waals surface area (Å²) in [4.78, 5) is 21.2. The standard InChI is InChI=1S/C8H14O6/c1-2-3-6(10)14-5(4-9)7(11)8(12)13/h5,7,9,11H,2-4H2,1H3,(H,12,13). The second-order valence-corrected chi connectivity index (χ2v) is 2.74. The van der Waals surface area contributed by atoms with Gasteiger partial charge in [-0.05, 0) is 6.42 Å². The maximum absolute atomic E-state index is 10.9. The molecule has 0 heterocycles. The number of aliphatic hydroxyl groups is 2. The van der Waals surface area contributed by atoms with E-state index >= 15 is 0 Å². The van der Waals surface area contributed by atoms with E-state index in [-0.39, 0.29) is 6.42 Å². The summed E-state index contributed by atoms with van der Waals surface area (Å²) in [5.74, 6) is -2.17. The van der Waals surface area contributed by atoms with E-state index in [2.05, 4.69) is 4.74 Å². The average molecular weight is 206 g/mol. The van der Waals surface area contributed by atoms with Crippen LogP contribution < -0.4 is 0 Å². The van der Waals surface area contributed by atoms with Crippen LogP contribution in [0.15, 0.2) is 0 Å². The van der Waals surface area contributed by atoms with Crippen molar-refractivity contribution in [2.75, 3.05) is 6.61 Å². The Bertz CT molecular complexity index is 202. The Morgan fingerprint density at radius 2 is 2.00 bits per heavy atom. The number of carbonyl (C=O) groups is 2. The van der Waals surface area contributed by atoms with Crippen LogP contribution in [0.25, 0.3) is 0 Å². The van der Waals surface area contributed by atoms with Crippen LogP contribution in [0.2, 0.25) is 0 Å². The number of carboxylic acids is 1. The lowest BCUT2D eigenvalue weighted by molar-refractivity contribution is -0.168. The number of rotatable bonds is 6. The van der Waals surface area contributed by atoms with Crippen LogP contribution in [0, 0.1) is 0 Å². The predicted octanol–water partition coefficient (Wildman–Crippen LogP) is -0.864. The molecule has 0 fully saturated rings. The summed E-state index contributed by atoms with van der Waals surface area (Å²) < 4.78 is 4.54. The predicted molar refractivity (Wildman–Crippen MR) is 45.5 cm³/mol. The minimum Gasteiger partial charge on any atom is -0.479 e. The molecule has 0 aromatic heterocycles. The van der Waals surface area contributed by atoms with E-state index in [4.69, 9.17) is 15.3 Å². The summed E-state index contributed by atoms with van der Waals surface area (Å²) in [5, 5.41) is 26.0. The quantitative estimate of drug-likeness (QED) is 0.488. The molecule has 0 aliphatic rings. The summed E-state index contributed by atoms with van der Waals surface area (Å²) in [6.45, 7) is 1.03. The zero-order valence-corrected chi connectivity index (χ0v) is 7.84. The molecule has 0 saturated carbocycles. The third-order valence-corrected chi connectivity index (χ3v) is 1.52. The van der Waals surface area contributed by atoms with Gasteiger partial charge < -0.3 is 20.1 Å². The van der Waals surface area contributed by atoms with Gasteiger partial charge in [0.1, 0.15) is 0 Å². The lowest BCUT2D eigenvalue weighted by Gasteiger charge is -2.17. The van der Waals surface area contributed by atoms with Crippen LogP contribution in [0.3, 0.4) is 0 Å². The first kappa shape index (κ1) is 12.9. The van der Waals surface area contributed by atoms with Gasteiger partial charge in [0.25, 0.3) is 0 Å². The Morgan fingerprint density at radius 3 is 2.36 bits per heavy atom. The fourth-order valence-electron chi connectivity index (χ4n) is 0.792. The monoisotopic (exact) mass is 206 g/mol. The summed E-state index contributed by atoms with van der Waals surface area (Å²) >= 11 is 0. The van der Waals surface area contributed by atoms with Gasteiger partial charge in [-0.2, -0.15) is 0 Å². The van der Waals surface area contributed by atoms with Crippen molar-refractivity contribution in [1.29, 1.82) is 0 Å². The van der Waals surface area contributed by atoms with E-state index in [1.165, 1.54) is 0 Å². The number of aliphatic carboxylic acids is 1. The van der Waals surface area contributed by atoms with Crippen molar-refractivity contribution in [2.24, 2.45) is 0 Å². The van der Waals surface area contributed by atoms with Crippen molar-refractivity contribution in [2.45, 2.75) is 32.0 Å². The molecule has 0 radical (unpaired) electrons. The molecule has 0 aliphatic carbocycles. The average Bonchev–Trinajstić information content (AvgIpc) is 2.13. The van der Waals surface area contributed by atoms with Crippen LogP contribution in [0.1, 0.15) is 19.8 Å². The zero-order chi connectivity index (χ0) is 11.1. The molecule has 0 saturated heterocycles. The molecule has 6 nitrogen and oxygen atoms in total. The highest BCUT2D eigenvalue weighted by Gasteiger charge is 2.28. The molecule has 0 rings (SSSR count). The first-order valence-corrected chi connectivity index (χ1v) is 4.24. The van der Waals surface area contributed by atoms with E-state index in [9.17, 15) is 9.59 Å². The zero-order valence-electron chi connectivity index (χ0n) is 7.84. The van der Waals surface area contributed by atoms with Gasteiger partial charge in [0.15, 0.2) is 12.2 Å². The molecule has 82 valence electrons. The lowest BCUT2D eigenvalue weighted by Crippen LogP contribution is -2.39. The third kappa shape index (κ3) is 4.20. The number of hydrogen-bond donors (Lipinski definition) is 3. The van der Waals surface area contributed by atoms with Crippen LogP contribution in [-0.2, 0) is 14.3 Å². The summed E-state index contributed by atoms with van der Waals surface area (Å²) in [6.07, 6.45) is -2.60. The number of hydrogen-bond acceptors (Lipinski definition) is 5. The highest BCUT2D eigenvalue weighted by molar-refractivity contribution is 5.74. The molecule has 0 spiro atoms. The van der Waals surface area contributed by atoms with Crippen molar-refractivity contribution < 1.29 is 29.6 Å². The smallest absolute Gasteiger partial charge is 0.336 e. The van der Waals surface area contributed by atoms with Gasteiger partial charge >= 0.3 is 11.9 Å². The number of esters is 1. The Morgan fingerprint density at radius 1 is 1.43 bits per heavy atom. The molecule has 6 heteroatoms. The Balaban J connectivity index is 4.14. The Labute approximate surface area is 81.1 Å². The van der Waals surface area contributed by atoms with Crippen LogP contribution in [0.5, 0.6) is 0 Å². The highest BCUT2D eigenvalue weighted by Crippen LogP contribution is 2.02. The van der Waals surface area contributed by atoms with Gasteiger partial charge in [0.2, 0.25) is 0 Å². The van der Waals surface area contributed by atoms with Crippen molar-refractivity contribution in [3.63, 3.8) is 0 Å². The number of ether oxygens (including phenoxy) is 1. The molecule has 3 N–H and O–H groups in total. The number of carbonyl (C=O) groups excluding carboxylic acids is 1. The maximum atomic E-state index is 10.9. The second kappa shape index (κ2) is 6.33. The van der Waals surface area contributed by atoms with Gasteiger partial charge in [-0.1, -0.05) is 6.92 Å². The molecule has 0 amide bonds. The fourth-order valence-corrected chi connectivity index (χ4v) is 0.792. The van der Waals surface area contributed by atoms with Gasteiger partial charge in [-0.25, -0.2) is 4.79 Å². The fraction of sp³-hybridized carbons (Fsp3) is 0.750. The highest BCUT2D eigenvalue weighted by atomic mass is 16.6. The molecular formula is C8H14O6.